The number of hydrogen-bond donors (Lipinski definition) is 1. The maximum Gasteiger partial charge on any atom is 0.453 e. The first-order chi connectivity index (χ1) is 12.4. The third-order valence-corrected chi connectivity index (χ3v) is 2.39. The fraction of sp³-hybridized carbons (Fsp3) is 1.00. The molecular weight excluding hydrogens is 437 g/mol. The molecule has 17 heteroatoms. The van der Waals surface area contributed by atoms with Crippen molar-refractivity contribution in [2.24, 2.45) is 0 Å². The lowest BCUT2D eigenvalue weighted by Gasteiger charge is -2.32. The van der Waals surface area contributed by atoms with E-state index in [4.69, 9.17) is 5.11 Å². The summed E-state index contributed by atoms with van der Waals surface area (Å²) in [4.78, 5) is 0. The summed E-state index contributed by atoms with van der Waals surface area (Å²) in [6.45, 7) is -6.25. The summed E-state index contributed by atoms with van der Waals surface area (Å²) in [6, 6.07) is 0. The Bertz CT molecular complexity index is 476. The molecule has 0 aromatic heterocycles. The van der Waals surface area contributed by atoms with Gasteiger partial charge in [-0.25, -0.2) is 13.9 Å². The van der Waals surface area contributed by atoms with E-state index in [0.717, 1.165) is 7.11 Å². The number of rotatable bonds is 14. The predicted octanol–water partition coefficient (Wildman–Crippen LogP) is 2.95. The number of ether oxygens (including phenoxy) is 5. The van der Waals surface area contributed by atoms with Crippen molar-refractivity contribution < 1.29 is 77.1 Å². The summed E-state index contributed by atoms with van der Waals surface area (Å²) in [6.07, 6.45) is -32.9. The normalized spacial score (nSPS) is 15.8. The lowest BCUT2D eigenvalue weighted by atomic mass is 10.4. The standard InChI is InChI=1S/C11H13F11O6/c1-24-2-6(23)3-25-4-7(13,14)27-10(19,20)11(21,22)28-9(17,18)8(15,16)26-5-12/h6,23H,2-5H2,1H3. The minimum absolute atomic E-state index is 0.446. The molecule has 0 saturated heterocycles. The Morgan fingerprint density at radius 1 is 0.750 bits per heavy atom. The van der Waals surface area contributed by atoms with Crippen LogP contribution in [0.1, 0.15) is 0 Å². The van der Waals surface area contributed by atoms with Crippen molar-refractivity contribution in [2.45, 2.75) is 36.6 Å². The highest BCUT2D eigenvalue weighted by Gasteiger charge is 2.72. The van der Waals surface area contributed by atoms with Gasteiger partial charge in [-0.1, -0.05) is 0 Å². The van der Waals surface area contributed by atoms with E-state index >= 15 is 0 Å². The smallest absolute Gasteiger partial charge is 0.388 e. The minimum Gasteiger partial charge on any atom is -0.388 e. The van der Waals surface area contributed by atoms with Crippen LogP contribution in [0.4, 0.5) is 48.3 Å². The highest BCUT2D eigenvalue weighted by Crippen LogP contribution is 2.47. The molecule has 1 atom stereocenters. The van der Waals surface area contributed by atoms with Crippen LogP contribution in [0.2, 0.25) is 0 Å². The Morgan fingerprint density at radius 3 is 1.68 bits per heavy atom. The highest BCUT2D eigenvalue weighted by molar-refractivity contribution is 4.75. The Morgan fingerprint density at radius 2 is 1.21 bits per heavy atom. The van der Waals surface area contributed by atoms with Crippen LogP contribution in [0.3, 0.4) is 0 Å². The SMILES string of the molecule is COCC(O)COCC(F)(F)OC(F)(F)C(F)(F)OC(F)(F)C(F)(F)OCF. The van der Waals surface area contributed by atoms with Gasteiger partial charge >= 0.3 is 30.5 Å². The fourth-order valence-corrected chi connectivity index (χ4v) is 1.26. The maximum atomic E-state index is 13.1. The summed E-state index contributed by atoms with van der Waals surface area (Å²) in [7, 11) is 1.08. The molecule has 0 aliphatic rings. The largest absolute Gasteiger partial charge is 0.453 e. The first-order valence-corrected chi connectivity index (χ1v) is 6.67. The van der Waals surface area contributed by atoms with E-state index in [9.17, 15) is 48.3 Å². The Balaban J connectivity index is 5.08. The molecule has 0 spiro atoms. The molecule has 170 valence electrons. The van der Waals surface area contributed by atoms with Crippen LogP contribution in [0.15, 0.2) is 0 Å². The number of aliphatic hydroxyl groups is 1. The zero-order chi connectivity index (χ0) is 22.4. The molecule has 0 aliphatic carbocycles. The second-order valence-electron chi connectivity index (χ2n) is 4.79. The van der Waals surface area contributed by atoms with Crippen molar-refractivity contribution in [1.82, 2.24) is 0 Å². The summed E-state index contributed by atoms with van der Waals surface area (Å²) >= 11 is 0. The average Bonchev–Trinajstić information content (AvgIpc) is 2.44. The van der Waals surface area contributed by atoms with Crippen molar-refractivity contribution in [3.05, 3.63) is 0 Å². The van der Waals surface area contributed by atoms with Crippen LogP contribution >= 0.6 is 0 Å². The van der Waals surface area contributed by atoms with Gasteiger partial charge in [-0.3, -0.25) is 4.74 Å². The lowest BCUT2D eigenvalue weighted by Crippen LogP contribution is -2.56. The molecule has 0 amide bonds. The van der Waals surface area contributed by atoms with Gasteiger partial charge in [-0.2, -0.15) is 43.9 Å². The van der Waals surface area contributed by atoms with E-state index in [-0.39, 0.29) is 0 Å². The average molecular weight is 450 g/mol. The number of methoxy groups -OCH3 is 1. The molecular formula is C11H13F11O6. The lowest BCUT2D eigenvalue weighted by molar-refractivity contribution is -0.547. The molecule has 6 nitrogen and oxygen atoms in total. The summed E-state index contributed by atoms with van der Waals surface area (Å²) in [5.41, 5.74) is 0. The number of alkyl halides is 11. The third-order valence-electron chi connectivity index (χ3n) is 2.39. The maximum absolute atomic E-state index is 13.1. The van der Waals surface area contributed by atoms with Gasteiger partial charge in [0.2, 0.25) is 0 Å². The number of aliphatic hydroxyl groups excluding tert-OH is 1. The van der Waals surface area contributed by atoms with E-state index in [2.05, 4.69) is 18.9 Å². The van der Waals surface area contributed by atoms with E-state index in [0.29, 0.717) is 0 Å². The second-order valence-corrected chi connectivity index (χ2v) is 4.79. The van der Waals surface area contributed by atoms with Crippen LogP contribution < -0.4 is 0 Å². The van der Waals surface area contributed by atoms with E-state index < -0.39 is 63.3 Å². The Hall–Kier alpha value is -1.01. The topological polar surface area (TPSA) is 66.4 Å². The number of halogens is 11. The highest BCUT2D eigenvalue weighted by atomic mass is 19.4. The summed E-state index contributed by atoms with van der Waals surface area (Å²) in [5, 5.41) is 9.04. The minimum atomic E-state index is -6.77. The molecule has 0 fully saturated rings. The van der Waals surface area contributed by atoms with Gasteiger partial charge in [0.05, 0.1) is 13.2 Å². The van der Waals surface area contributed by atoms with Crippen LogP contribution in [-0.4, -0.2) is 75.5 Å². The first-order valence-electron chi connectivity index (χ1n) is 6.67. The summed E-state index contributed by atoms with van der Waals surface area (Å²) < 4.78 is 156. The van der Waals surface area contributed by atoms with Gasteiger partial charge in [-0.05, 0) is 0 Å². The summed E-state index contributed by atoms with van der Waals surface area (Å²) in [5.74, 6) is 0. The second kappa shape index (κ2) is 9.66. The van der Waals surface area contributed by atoms with Crippen LogP contribution in [-0.2, 0) is 23.7 Å². The molecule has 0 saturated carbocycles. The Labute approximate surface area is 149 Å². The number of hydrogen-bond acceptors (Lipinski definition) is 6. The fourth-order valence-electron chi connectivity index (χ4n) is 1.26. The first kappa shape index (κ1) is 27.0. The quantitative estimate of drug-likeness (QED) is 0.411. The van der Waals surface area contributed by atoms with Gasteiger partial charge < -0.3 is 14.6 Å². The van der Waals surface area contributed by atoms with Crippen molar-refractivity contribution >= 4 is 0 Å². The van der Waals surface area contributed by atoms with Crippen molar-refractivity contribution in [3.8, 4) is 0 Å². The molecule has 0 bridgehead atoms. The van der Waals surface area contributed by atoms with E-state index in [1.807, 2.05) is 4.74 Å². The third kappa shape index (κ3) is 7.78. The zero-order valence-electron chi connectivity index (χ0n) is 13.6. The molecule has 0 aliphatic heterocycles. The van der Waals surface area contributed by atoms with Gasteiger partial charge in [0.1, 0.15) is 12.7 Å². The molecule has 0 rings (SSSR count). The predicted molar refractivity (Wildman–Crippen MR) is 62.7 cm³/mol. The Kier molecular flexibility index (Phi) is 9.31. The zero-order valence-corrected chi connectivity index (χ0v) is 13.6. The monoisotopic (exact) mass is 450 g/mol. The molecule has 0 heterocycles. The van der Waals surface area contributed by atoms with Gasteiger partial charge in [0.25, 0.3) is 0 Å². The van der Waals surface area contributed by atoms with Crippen molar-refractivity contribution in [3.63, 3.8) is 0 Å². The van der Waals surface area contributed by atoms with Crippen molar-refractivity contribution in [2.75, 3.05) is 33.8 Å². The van der Waals surface area contributed by atoms with Crippen LogP contribution in [0.5, 0.6) is 0 Å². The molecule has 0 aromatic carbocycles. The van der Waals surface area contributed by atoms with Gasteiger partial charge in [-0.15, -0.1) is 0 Å². The molecule has 1 N–H and O–H groups in total. The van der Waals surface area contributed by atoms with Crippen LogP contribution in [0, 0.1) is 0 Å². The van der Waals surface area contributed by atoms with E-state index in [1.54, 1.807) is 0 Å². The molecule has 28 heavy (non-hydrogen) atoms. The van der Waals surface area contributed by atoms with Crippen LogP contribution in [0.25, 0.3) is 0 Å². The molecule has 1 unspecified atom stereocenters. The van der Waals surface area contributed by atoms with Gasteiger partial charge in [0, 0.05) is 7.11 Å². The van der Waals surface area contributed by atoms with Gasteiger partial charge in [0.15, 0.2) is 6.86 Å². The molecule has 0 radical (unpaired) electrons. The van der Waals surface area contributed by atoms with E-state index in [1.165, 1.54) is 0 Å². The molecule has 0 aromatic rings. The van der Waals surface area contributed by atoms with Crippen molar-refractivity contribution in [1.29, 1.82) is 0 Å².